The number of benzene rings is 8. The van der Waals surface area contributed by atoms with Crippen LogP contribution in [-0.2, 0) is 10.8 Å². The molecule has 0 unspecified atom stereocenters. The van der Waals surface area contributed by atoms with Gasteiger partial charge in [-0.1, -0.05) is 169 Å². The Hall–Kier alpha value is -7.89. The van der Waals surface area contributed by atoms with Gasteiger partial charge < -0.3 is 14.5 Å². The van der Waals surface area contributed by atoms with Crippen LogP contribution in [0.4, 0.5) is 22.7 Å². The Morgan fingerprint density at radius 2 is 1.13 bits per heavy atom. The Kier molecular flexibility index (Phi) is 8.94. The van der Waals surface area contributed by atoms with Crippen molar-refractivity contribution in [2.45, 2.75) is 59.2 Å². The van der Waals surface area contributed by atoms with Crippen molar-refractivity contribution in [3.05, 3.63) is 217 Å². The third kappa shape index (κ3) is 7.88. The van der Waals surface area contributed by atoms with E-state index in [9.17, 15) is 4.11 Å². The molecule has 5 heteroatoms. The number of para-hydroxylation sites is 4. The molecule has 334 valence electrons. The summed E-state index contributed by atoms with van der Waals surface area (Å²) < 4.78 is 62.5. The summed E-state index contributed by atoms with van der Waals surface area (Å²) in [5.74, 6) is 1.73. The summed E-state index contributed by atoms with van der Waals surface area (Å²) in [7, 11) is 0. The zero-order valence-electron chi connectivity index (χ0n) is 45.2. The molecule has 1 aliphatic heterocycles. The summed E-state index contributed by atoms with van der Waals surface area (Å²) in [6.07, 6.45) is 1.55. The van der Waals surface area contributed by atoms with Crippen LogP contribution in [0.5, 0.6) is 11.5 Å². The molecule has 10 aromatic rings. The Balaban J connectivity index is 1.03. The van der Waals surface area contributed by atoms with Gasteiger partial charge in [0.2, 0.25) is 0 Å². The van der Waals surface area contributed by atoms with Gasteiger partial charge in [0.1, 0.15) is 24.0 Å². The third-order valence-corrected chi connectivity index (χ3v) is 12.9. The Labute approximate surface area is 409 Å². The van der Waals surface area contributed by atoms with Gasteiger partial charge in [-0.3, -0.25) is 4.57 Å². The molecule has 0 saturated carbocycles. The highest BCUT2D eigenvalue weighted by atomic mass is 16.5. The number of pyridine rings is 1. The highest BCUT2D eigenvalue weighted by Gasteiger charge is 2.32. The number of hydrogen-bond donors (Lipinski definition) is 0. The summed E-state index contributed by atoms with van der Waals surface area (Å²) in [5.41, 5.74) is 11.2. The Morgan fingerprint density at radius 1 is 0.515 bits per heavy atom. The van der Waals surface area contributed by atoms with Crippen LogP contribution in [0.25, 0.3) is 61.0 Å². The Morgan fingerprint density at radius 3 is 1.87 bits per heavy atom. The number of anilines is 4. The van der Waals surface area contributed by atoms with Crippen molar-refractivity contribution in [1.29, 1.82) is 0 Å². The molecule has 1 aliphatic rings. The Bertz CT molecular complexity index is 3750. The van der Waals surface area contributed by atoms with Crippen LogP contribution in [0.15, 0.2) is 200 Å². The fourth-order valence-corrected chi connectivity index (χ4v) is 9.37. The molecule has 0 bridgehead atoms. The lowest BCUT2D eigenvalue weighted by Gasteiger charge is -2.29. The van der Waals surface area contributed by atoms with Crippen molar-refractivity contribution < 1.29 is 13.0 Å². The number of aryl methyl sites for hydroxylation is 1. The quantitative estimate of drug-likeness (QED) is 0.152. The van der Waals surface area contributed by atoms with Crippen LogP contribution in [0, 0.1) is 6.85 Å². The van der Waals surface area contributed by atoms with E-state index in [-0.39, 0.29) is 23.7 Å². The maximum Gasteiger partial charge on any atom is 0.137 e. The summed E-state index contributed by atoms with van der Waals surface area (Å²) >= 11 is 0. The number of hydrogen-bond acceptors (Lipinski definition) is 4. The summed E-state index contributed by atoms with van der Waals surface area (Å²) in [4.78, 5) is 9.22. The second-order valence-corrected chi connectivity index (χ2v) is 19.7. The number of rotatable bonds is 8. The lowest BCUT2D eigenvalue weighted by atomic mass is 9.78. The van der Waals surface area contributed by atoms with Crippen molar-refractivity contribution >= 4 is 44.6 Å². The van der Waals surface area contributed by atoms with Crippen molar-refractivity contribution in [1.82, 2.24) is 9.55 Å². The molecule has 0 radical (unpaired) electrons. The average molecular weight is 891 g/mol. The summed E-state index contributed by atoms with van der Waals surface area (Å²) in [6.45, 7) is 10.4. The molecule has 5 nitrogen and oxygen atoms in total. The molecule has 68 heavy (non-hydrogen) atoms. The lowest BCUT2D eigenvalue weighted by molar-refractivity contribution is 0.483. The second kappa shape index (κ2) is 16.8. The van der Waals surface area contributed by atoms with E-state index in [0.29, 0.717) is 40.7 Å². The molecule has 0 fully saturated rings. The van der Waals surface area contributed by atoms with Gasteiger partial charge in [-0.2, -0.15) is 0 Å². The van der Waals surface area contributed by atoms with Gasteiger partial charge >= 0.3 is 0 Å². The van der Waals surface area contributed by atoms with E-state index >= 15 is 0 Å². The molecule has 11 rings (SSSR count). The van der Waals surface area contributed by atoms with E-state index in [2.05, 4.69) is 123 Å². The van der Waals surface area contributed by atoms with Crippen LogP contribution < -0.4 is 14.5 Å². The lowest BCUT2D eigenvalue weighted by Crippen LogP contribution is -2.25. The highest BCUT2D eigenvalue weighted by molar-refractivity contribution is 6.09. The van der Waals surface area contributed by atoms with Gasteiger partial charge in [0, 0.05) is 50.0 Å². The van der Waals surface area contributed by atoms with Crippen molar-refractivity contribution in [3.63, 3.8) is 0 Å². The van der Waals surface area contributed by atoms with E-state index in [1.807, 2.05) is 102 Å². The van der Waals surface area contributed by atoms with Gasteiger partial charge in [-0.15, -0.1) is 0 Å². The van der Waals surface area contributed by atoms with Crippen molar-refractivity contribution in [2.75, 3.05) is 16.5 Å². The zero-order chi connectivity index (χ0) is 51.8. The average Bonchev–Trinajstić information content (AvgIpc) is 3.92. The van der Waals surface area contributed by atoms with Crippen LogP contribution in [0.1, 0.15) is 66.5 Å². The van der Waals surface area contributed by atoms with Gasteiger partial charge in [0.25, 0.3) is 0 Å². The summed E-state index contributed by atoms with van der Waals surface area (Å²) in [6, 6.07) is 59.4. The summed E-state index contributed by atoms with van der Waals surface area (Å²) in [5, 5.41) is 2.00. The first-order valence-electron chi connectivity index (χ1n) is 26.2. The minimum absolute atomic E-state index is 0.200. The molecule has 0 atom stereocenters. The van der Waals surface area contributed by atoms with E-state index in [1.54, 1.807) is 12.3 Å². The molecule has 0 saturated heterocycles. The smallest absolute Gasteiger partial charge is 0.137 e. The van der Waals surface area contributed by atoms with Crippen LogP contribution in [-0.4, -0.2) is 16.2 Å². The fourth-order valence-electron chi connectivity index (χ4n) is 9.37. The fraction of sp³-hybridized carbons (Fsp3) is 0.159. The monoisotopic (exact) mass is 890 g/mol. The normalized spacial score (nSPS) is 14.3. The van der Waals surface area contributed by atoms with E-state index in [1.165, 1.54) is 6.07 Å². The van der Waals surface area contributed by atoms with Gasteiger partial charge in [-0.05, 0) is 111 Å². The minimum atomic E-state index is -2.29. The number of aromatic nitrogens is 2. The molecule has 2 aromatic heterocycles. The maximum atomic E-state index is 9.97. The first kappa shape index (κ1) is 36.3. The predicted octanol–water partition coefficient (Wildman–Crippen LogP) is 17.1. The van der Waals surface area contributed by atoms with Gasteiger partial charge in [-0.25, -0.2) is 4.98 Å². The molecule has 0 spiro atoms. The van der Waals surface area contributed by atoms with Crippen LogP contribution >= 0.6 is 0 Å². The first-order chi connectivity index (χ1) is 35.4. The van der Waals surface area contributed by atoms with E-state index in [0.717, 1.165) is 72.4 Å². The third-order valence-electron chi connectivity index (χ3n) is 12.9. The number of nitrogens with zero attached hydrogens (tertiary/aromatic N) is 4. The highest BCUT2D eigenvalue weighted by Crippen LogP contribution is 2.51. The first-order valence-corrected chi connectivity index (χ1v) is 23.2. The zero-order valence-corrected chi connectivity index (χ0v) is 39.2. The number of fused-ring (bicyclic) bond motifs is 4. The second-order valence-electron chi connectivity index (χ2n) is 19.7. The number of ether oxygens (including phenoxy) is 1. The van der Waals surface area contributed by atoms with E-state index in [4.69, 9.17) is 8.85 Å². The largest absolute Gasteiger partial charge is 0.457 e. The molecule has 8 aromatic carbocycles. The maximum absolute atomic E-state index is 9.97. The van der Waals surface area contributed by atoms with Gasteiger partial charge in [0.05, 0.1) is 32.2 Å². The molecule has 0 aliphatic carbocycles. The standard InChI is InChI=1S/C63H56N4O/c1-42-33-34-64-60(35-42)67-56-24-12-11-21-54(56)55-32-31-51(40-59(55)67)68-50-20-15-19-49(39-50)65-41-66(58-26-14-13-25-57(58)65)61-52(45-29-27-44(28-30-45)43-17-9-8-10-18-43)22-16-23-53(61)46-36-47(62(2,3)4)38-48(37-46)63(5,6)7/h8-40H,41H2,1-7H3/i1D3,36D,37D,38D. The molecule has 0 amide bonds. The molecular formula is C63H56N4O. The molecular weight excluding hydrogens is 829 g/mol. The molecule has 0 N–H and O–H groups in total. The topological polar surface area (TPSA) is 33.5 Å². The van der Waals surface area contributed by atoms with Crippen molar-refractivity contribution in [2.24, 2.45) is 0 Å². The SMILES string of the molecule is [2H]c1c(-c2cccc(-c3ccc(-c4ccccc4)cc3)c2N2CN(c3cccc(Oc4ccc5c6ccccc6n(-c6cc(C([2H])([2H])[2H])ccn6)c5c4)c3)c3ccccc32)c([2H])c(C(C)(C)C)c([2H])c1C(C)(C)C. The van der Waals surface area contributed by atoms with Crippen molar-refractivity contribution in [3.8, 4) is 50.7 Å². The van der Waals surface area contributed by atoms with Crippen LogP contribution in [0.2, 0.25) is 0 Å². The minimum Gasteiger partial charge on any atom is -0.457 e. The van der Waals surface area contributed by atoms with Crippen LogP contribution in [0.3, 0.4) is 0 Å². The van der Waals surface area contributed by atoms with Gasteiger partial charge in [0.15, 0.2) is 0 Å². The molecule has 3 heterocycles. The predicted molar refractivity (Wildman–Crippen MR) is 286 cm³/mol. The van der Waals surface area contributed by atoms with E-state index < -0.39 is 17.7 Å².